The number of aromatic nitrogens is 2. The molecule has 0 aliphatic rings. The minimum absolute atomic E-state index is 1.18. The Kier molecular flexibility index (Phi) is 3.20. The van der Waals surface area contributed by atoms with Crippen molar-refractivity contribution in [3.05, 3.63) is 103 Å². The highest BCUT2D eigenvalue weighted by Crippen LogP contribution is 2.39. The summed E-state index contributed by atoms with van der Waals surface area (Å²) in [6.45, 7) is 0. The predicted molar refractivity (Wildman–Crippen MR) is 118 cm³/mol. The van der Waals surface area contributed by atoms with Crippen molar-refractivity contribution >= 4 is 27.3 Å². The number of benzene rings is 3. The molecule has 3 heterocycles. The third-order valence-electron chi connectivity index (χ3n) is 5.54. The van der Waals surface area contributed by atoms with Gasteiger partial charge >= 0.3 is 0 Å². The maximum atomic E-state index is 3.67. The van der Waals surface area contributed by atoms with Gasteiger partial charge in [0.2, 0.25) is 0 Å². The van der Waals surface area contributed by atoms with Gasteiger partial charge < -0.3 is 9.38 Å². The van der Waals surface area contributed by atoms with Crippen LogP contribution in [0.1, 0.15) is 0 Å². The van der Waals surface area contributed by atoms with Crippen molar-refractivity contribution in [2.24, 2.45) is 0 Å². The van der Waals surface area contributed by atoms with Gasteiger partial charge in [0.05, 0.1) is 16.7 Å². The van der Waals surface area contributed by atoms with Gasteiger partial charge in [0, 0.05) is 28.0 Å². The van der Waals surface area contributed by atoms with Crippen LogP contribution in [0.25, 0.3) is 49.7 Å². The number of rotatable bonds is 2. The van der Waals surface area contributed by atoms with Gasteiger partial charge in [0.15, 0.2) is 0 Å². The molecule has 0 spiro atoms. The van der Waals surface area contributed by atoms with E-state index in [4.69, 9.17) is 0 Å². The average Bonchev–Trinajstić information content (AvgIpc) is 3.29. The van der Waals surface area contributed by atoms with E-state index in [1.165, 1.54) is 49.7 Å². The van der Waals surface area contributed by atoms with Gasteiger partial charge in [-0.2, -0.15) is 0 Å². The normalized spacial score (nSPS) is 11.6. The van der Waals surface area contributed by atoms with Gasteiger partial charge in [-0.05, 0) is 35.4 Å². The third-order valence-corrected chi connectivity index (χ3v) is 5.54. The number of pyridine rings is 1. The van der Waals surface area contributed by atoms with E-state index in [0.29, 0.717) is 0 Å². The first kappa shape index (κ1) is 15.3. The summed E-state index contributed by atoms with van der Waals surface area (Å²) in [5, 5.41) is 2.56. The van der Waals surface area contributed by atoms with Crippen molar-refractivity contribution in [2.75, 3.05) is 0 Å². The lowest BCUT2D eigenvalue weighted by Gasteiger charge is -2.07. The van der Waals surface area contributed by atoms with E-state index in [-0.39, 0.29) is 0 Å². The van der Waals surface area contributed by atoms with Crippen molar-refractivity contribution in [2.45, 2.75) is 0 Å². The van der Waals surface area contributed by atoms with Crippen LogP contribution in [0.5, 0.6) is 0 Å². The van der Waals surface area contributed by atoms with Crippen LogP contribution >= 0.6 is 0 Å². The lowest BCUT2D eigenvalue weighted by Crippen LogP contribution is -1.89. The zero-order chi connectivity index (χ0) is 18.5. The van der Waals surface area contributed by atoms with Crippen molar-refractivity contribution in [3.63, 3.8) is 0 Å². The van der Waals surface area contributed by atoms with E-state index in [0.717, 1.165) is 0 Å². The molecule has 3 aromatic carbocycles. The second-order valence-electron chi connectivity index (χ2n) is 7.17. The maximum absolute atomic E-state index is 3.67. The maximum Gasteiger partial charge on any atom is 0.0772 e. The lowest BCUT2D eigenvalue weighted by atomic mass is 10.0. The molecular formula is C26H18N2. The Morgan fingerprint density at radius 3 is 2.29 bits per heavy atom. The summed E-state index contributed by atoms with van der Waals surface area (Å²) in [6, 6.07) is 34.3. The molecule has 2 heteroatoms. The van der Waals surface area contributed by atoms with Crippen molar-refractivity contribution in [1.82, 2.24) is 9.38 Å². The fourth-order valence-corrected chi connectivity index (χ4v) is 4.31. The standard InChI is InChI=1S/C26H18N2/c1-2-9-18(10-3-1)19-11-8-12-20(17-19)26-25-24(23-15-6-7-16-28(23)26)21-13-4-5-14-22(21)27-25/h1-17,27H. The Morgan fingerprint density at radius 2 is 1.36 bits per heavy atom. The molecule has 0 aliphatic carbocycles. The van der Waals surface area contributed by atoms with Crippen LogP contribution in [0.15, 0.2) is 103 Å². The van der Waals surface area contributed by atoms with Crippen LogP contribution in [0.2, 0.25) is 0 Å². The van der Waals surface area contributed by atoms with E-state index >= 15 is 0 Å². The molecule has 0 saturated carbocycles. The van der Waals surface area contributed by atoms with Gasteiger partial charge in [-0.3, -0.25) is 0 Å². The Bertz CT molecular complexity index is 1450. The second kappa shape index (κ2) is 5.86. The van der Waals surface area contributed by atoms with Crippen LogP contribution in [-0.2, 0) is 0 Å². The fourth-order valence-electron chi connectivity index (χ4n) is 4.31. The summed E-state index contributed by atoms with van der Waals surface area (Å²) in [5.74, 6) is 0. The number of fused-ring (bicyclic) bond motifs is 5. The van der Waals surface area contributed by atoms with E-state index in [2.05, 4.69) is 113 Å². The van der Waals surface area contributed by atoms with Gasteiger partial charge in [-0.25, -0.2) is 0 Å². The summed E-state index contributed by atoms with van der Waals surface area (Å²) < 4.78 is 2.30. The van der Waals surface area contributed by atoms with Crippen LogP contribution in [0, 0.1) is 0 Å². The van der Waals surface area contributed by atoms with Gasteiger partial charge in [0.25, 0.3) is 0 Å². The molecular weight excluding hydrogens is 340 g/mol. The highest BCUT2D eigenvalue weighted by molar-refractivity contribution is 6.19. The van der Waals surface area contributed by atoms with Gasteiger partial charge in [-0.15, -0.1) is 0 Å². The molecule has 0 fully saturated rings. The minimum atomic E-state index is 1.18. The van der Waals surface area contributed by atoms with E-state index in [1.807, 2.05) is 0 Å². The lowest BCUT2D eigenvalue weighted by molar-refractivity contribution is 1.21. The van der Waals surface area contributed by atoms with Crippen molar-refractivity contribution in [3.8, 4) is 22.4 Å². The average molecular weight is 358 g/mol. The van der Waals surface area contributed by atoms with E-state index in [9.17, 15) is 0 Å². The van der Waals surface area contributed by atoms with Crippen LogP contribution in [0.3, 0.4) is 0 Å². The molecule has 3 aromatic heterocycles. The minimum Gasteiger partial charge on any atom is -0.353 e. The molecule has 132 valence electrons. The molecule has 0 amide bonds. The number of H-pyrrole nitrogens is 1. The SMILES string of the molecule is c1ccc(-c2cccc(-c3c4[nH]c5ccccc5c4c4ccccn34)c2)cc1. The summed E-state index contributed by atoms with van der Waals surface area (Å²) in [4.78, 5) is 3.67. The monoisotopic (exact) mass is 358 g/mol. The largest absolute Gasteiger partial charge is 0.353 e. The zero-order valence-corrected chi connectivity index (χ0v) is 15.3. The Hall–Kier alpha value is -3.78. The molecule has 28 heavy (non-hydrogen) atoms. The number of nitrogens with one attached hydrogen (secondary N) is 1. The van der Waals surface area contributed by atoms with Crippen LogP contribution in [-0.4, -0.2) is 9.38 Å². The second-order valence-corrected chi connectivity index (χ2v) is 7.17. The smallest absolute Gasteiger partial charge is 0.0772 e. The number of aromatic amines is 1. The van der Waals surface area contributed by atoms with Gasteiger partial charge in [0.1, 0.15) is 0 Å². The molecule has 6 aromatic rings. The Labute approximate surface area is 162 Å². The molecule has 0 aliphatic heterocycles. The zero-order valence-electron chi connectivity index (χ0n) is 15.3. The molecule has 0 atom stereocenters. The van der Waals surface area contributed by atoms with E-state index in [1.54, 1.807) is 0 Å². The molecule has 2 nitrogen and oxygen atoms in total. The number of nitrogens with zero attached hydrogens (tertiary/aromatic N) is 1. The first-order valence-electron chi connectivity index (χ1n) is 9.55. The van der Waals surface area contributed by atoms with Gasteiger partial charge in [-0.1, -0.05) is 72.8 Å². The fraction of sp³-hybridized carbons (Fsp3) is 0. The Morgan fingerprint density at radius 1 is 0.607 bits per heavy atom. The van der Waals surface area contributed by atoms with Crippen LogP contribution in [0.4, 0.5) is 0 Å². The molecule has 1 N–H and O–H groups in total. The highest BCUT2D eigenvalue weighted by Gasteiger charge is 2.17. The molecule has 0 bridgehead atoms. The van der Waals surface area contributed by atoms with Crippen molar-refractivity contribution < 1.29 is 0 Å². The molecule has 0 saturated heterocycles. The number of hydrogen-bond acceptors (Lipinski definition) is 0. The van der Waals surface area contributed by atoms with Crippen molar-refractivity contribution in [1.29, 1.82) is 0 Å². The first-order valence-corrected chi connectivity index (χ1v) is 9.55. The molecule has 0 radical (unpaired) electrons. The summed E-state index contributed by atoms with van der Waals surface area (Å²) >= 11 is 0. The third kappa shape index (κ3) is 2.15. The molecule has 0 unspecified atom stereocenters. The number of hydrogen-bond donors (Lipinski definition) is 1. The highest BCUT2D eigenvalue weighted by atomic mass is 14.9. The molecule has 6 rings (SSSR count). The topological polar surface area (TPSA) is 20.2 Å². The Balaban J connectivity index is 1.70. The first-order chi connectivity index (χ1) is 13.9. The van der Waals surface area contributed by atoms with Crippen LogP contribution < -0.4 is 0 Å². The predicted octanol–water partition coefficient (Wildman–Crippen LogP) is 6.91. The summed E-state index contributed by atoms with van der Waals surface area (Å²) in [7, 11) is 0. The quantitative estimate of drug-likeness (QED) is 0.347. The van der Waals surface area contributed by atoms with E-state index < -0.39 is 0 Å². The summed E-state index contributed by atoms with van der Waals surface area (Å²) in [6.07, 6.45) is 2.16. The summed E-state index contributed by atoms with van der Waals surface area (Å²) in [5.41, 5.74) is 8.49. The number of para-hydroxylation sites is 1.